The zero-order valence-electron chi connectivity index (χ0n) is 12.5. The number of hydrogen-bond donors (Lipinski definition) is 1. The minimum Gasteiger partial charge on any atom is -0.356 e. The first-order valence-corrected chi connectivity index (χ1v) is 7.55. The Bertz CT molecular complexity index is 666. The molecule has 4 nitrogen and oxygen atoms in total. The minimum atomic E-state index is -4.42. The molecular weight excluding hydrogens is 305 g/mol. The molecule has 23 heavy (non-hydrogen) atoms. The highest BCUT2D eigenvalue weighted by molar-refractivity contribution is 5.60. The molecule has 7 heteroatoms. The van der Waals surface area contributed by atoms with Gasteiger partial charge >= 0.3 is 6.18 Å². The van der Waals surface area contributed by atoms with E-state index in [1.165, 1.54) is 18.6 Å². The molecule has 1 saturated heterocycles. The third kappa shape index (κ3) is 3.72. The van der Waals surface area contributed by atoms with Gasteiger partial charge in [0.1, 0.15) is 5.82 Å². The lowest BCUT2D eigenvalue weighted by Gasteiger charge is -2.27. The topological polar surface area (TPSA) is 41.1 Å². The first kappa shape index (κ1) is 15.6. The predicted octanol–water partition coefficient (Wildman–Crippen LogP) is 4.23. The van der Waals surface area contributed by atoms with Crippen molar-refractivity contribution in [2.24, 2.45) is 0 Å². The van der Waals surface area contributed by atoms with Crippen LogP contribution in [0.1, 0.15) is 24.8 Å². The normalized spacial score (nSPS) is 15.5. The Morgan fingerprint density at radius 1 is 1.00 bits per heavy atom. The fourth-order valence-electron chi connectivity index (χ4n) is 2.67. The summed E-state index contributed by atoms with van der Waals surface area (Å²) in [6.07, 6.45) is 0.544. The average molecular weight is 322 g/mol. The quantitative estimate of drug-likeness (QED) is 0.918. The molecule has 0 radical (unpaired) electrons. The number of para-hydroxylation sites is 1. The van der Waals surface area contributed by atoms with E-state index in [1.807, 2.05) is 0 Å². The Kier molecular flexibility index (Phi) is 4.36. The number of halogens is 3. The zero-order valence-corrected chi connectivity index (χ0v) is 12.5. The molecule has 0 atom stereocenters. The van der Waals surface area contributed by atoms with Gasteiger partial charge in [-0.1, -0.05) is 12.1 Å². The van der Waals surface area contributed by atoms with Gasteiger partial charge in [0, 0.05) is 19.3 Å². The Hall–Kier alpha value is -2.31. The molecule has 122 valence electrons. The maximum atomic E-state index is 13.0. The van der Waals surface area contributed by atoms with E-state index in [0.717, 1.165) is 37.8 Å². The van der Waals surface area contributed by atoms with Crippen LogP contribution in [0, 0.1) is 0 Å². The second-order valence-electron chi connectivity index (χ2n) is 5.45. The van der Waals surface area contributed by atoms with Crippen molar-refractivity contribution in [3.05, 3.63) is 42.1 Å². The number of anilines is 3. The van der Waals surface area contributed by atoms with E-state index in [0.29, 0.717) is 0 Å². The number of hydrogen-bond acceptors (Lipinski definition) is 4. The molecule has 1 aromatic carbocycles. The van der Waals surface area contributed by atoms with Gasteiger partial charge in [-0.05, 0) is 37.5 Å². The number of aromatic nitrogens is 2. The summed E-state index contributed by atoms with van der Waals surface area (Å²) in [5.41, 5.74) is -0.775. The lowest BCUT2D eigenvalue weighted by molar-refractivity contribution is -0.136. The third-order valence-electron chi connectivity index (χ3n) is 3.80. The molecule has 0 spiro atoms. The van der Waals surface area contributed by atoms with E-state index in [9.17, 15) is 13.2 Å². The molecule has 1 N–H and O–H groups in total. The zero-order chi connectivity index (χ0) is 16.3. The third-order valence-corrected chi connectivity index (χ3v) is 3.80. The maximum Gasteiger partial charge on any atom is 0.418 e. The molecule has 1 aromatic heterocycles. The summed E-state index contributed by atoms with van der Waals surface area (Å²) in [6, 6.07) is 7.10. The number of nitrogens with zero attached hydrogens (tertiary/aromatic N) is 3. The monoisotopic (exact) mass is 322 g/mol. The highest BCUT2D eigenvalue weighted by Crippen LogP contribution is 2.35. The van der Waals surface area contributed by atoms with Gasteiger partial charge in [0.05, 0.1) is 11.3 Å². The number of piperidine rings is 1. The largest absolute Gasteiger partial charge is 0.418 e. The molecule has 0 bridgehead atoms. The highest BCUT2D eigenvalue weighted by atomic mass is 19.4. The average Bonchev–Trinajstić information content (AvgIpc) is 2.55. The summed E-state index contributed by atoms with van der Waals surface area (Å²) in [5.74, 6) is 0.913. The predicted molar refractivity (Wildman–Crippen MR) is 82.8 cm³/mol. The standard InChI is InChI=1S/C16H17F3N4/c17-16(18,19)12-6-2-3-7-13(12)21-15-20-9-8-14(22-15)23-10-4-1-5-11-23/h2-3,6-9H,1,4-5,10-11H2,(H,20,21,22). The van der Waals surface area contributed by atoms with Crippen molar-refractivity contribution in [3.63, 3.8) is 0 Å². The van der Waals surface area contributed by atoms with Crippen LogP contribution >= 0.6 is 0 Å². The number of benzene rings is 1. The van der Waals surface area contributed by atoms with E-state index in [4.69, 9.17) is 0 Å². The summed E-state index contributed by atoms with van der Waals surface area (Å²) < 4.78 is 39.1. The summed E-state index contributed by atoms with van der Waals surface area (Å²) in [5, 5.41) is 2.69. The Morgan fingerprint density at radius 3 is 2.48 bits per heavy atom. The van der Waals surface area contributed by atoms with Gasteiger partial charge in [-0.25, -0.2) is 4.98 Å². The van der Waals surface area contributed by atoms with Crippen molar-refractivity contribution in [1.82, 2.24) is 9.97 Å². The van der Waals surface area contributed by atoms with Crippen LogP contribution in [-0.4, -0.2) is 23.1 Å². The summed E-state index contributed by atoms with van der Waals surface area (Å²) >= 11 is 0. The van der Waals surface area contributed by atoms with E-state index in [2.05, 4.69) is 20.2 Å². The molecule has 0 amide bonds. The Morgan fingerprint density at radius 2 is 1.74 bits per heavy atom. The highest BCUT2D eigenvalue weighted by Gasteiger charge is 2.33. The van der Waals surface area contributed by atoms with Crippen molar-refractivity contribution >= 4 is 17.5 Å². The second-order valence-corrected chi connectivity index (χ2v) is 5.45. The van der Waals surface area contributed by atoms with Crippen LogP contribution in [0.4, 0.5) is 30.6 Å². The van der Waals surface area contributed by atoms with Gasteiger partial charge in [-0.2, -0.15) is 18.2 Å². The Balaban J connectivity index is 1.84. The van der Waals surface area contributed by atoms with Crippen LogP contribution in [0.5, 0.6) is 0 Å². The van der Waals surface area contributed by atoms with Crippen molar-refractivity contribution in [3.8, 4) is 0 Å². The molecule has 0 aliphatic carbocycles. The molecule has 0 saturated carbocycles. The van der Waals surface area contributed by atoms with Gasteiger partial charge in [0.25, 0.3) is 0 Å². The van der Waals surface area contributed by atoms with Gasteiger partial charge < -0.3 is 10.2 Å². The first-order valence-electron chi connectivity index (χ1n) is 7.55. The number of rotatable bonds is 3. The van der Waals surface area contributed by atoms with Crippen molar-refractivity contribution in [2.45, 2.75) is 25.4 Å². The molecule has 2 heterocycles. The molecule has 1 aliphatic rings. The summed E-state index contributed by atoms with van der Waals surface area (Å²) in [6.45, 7) is 1.82. The fraction of sp³-hybridized carbons (Fsp3) is 0.375. The van der Waals surface area contributed by atoms with E-state index in [-0.39, 0.29) is 11.6 Å². The minimum absolute atomic E-state index is 0.0456. The molecule has 0 unspecified atom stereocenters. The van der Waals surface area contributed by atoms with E-state index in [1.54, 1.807) is 18.3 Å². The summed E-state index contributed by atoms with van der Waals surface area (Å²) in [4.78, 5) is 10.5. The Labute approximate surface area is 132 Å². The van der Waals surface area contributed by atoms with Gasteiger partial charge in [0.2, 0.25) is 5.95 Å². The lowest BCUT2D eigenvalue weighted by atomic mass is 10.1. The summed E-state index contributed by atoms with van der Waals surface area (Å²) in [7, 11) is 0. The van der Waals surface area contributed by atoms with Gasteiger partial charge in [-0.15, -0.1) is 0 Å². The van der Waals surface area contributed by atoms with Crippen LogP contribution in [-0.2, 0) is 6.18 Å². The molecule has 2 aromatic rings. The van der Waals surface area contributed by atoms with Crippen LogP contribution < -0.4 is 10.2 Å². The molecule has 3 rings (SSSR count). The molecule has 1 fully saturated rings. The molecule has 1 aliphatic heterocycles. The van der Waals surface area contributed by atoms with Crippen molar-refractivity contribution in [2.75, 3.05) is 23.3 Å². The molecular formula is C16H17F3N4. The maximum absolute atomic E-state index is 13.0. The van der Waals surface area contributed by atoms with Gasteiger partial charge in [-0.3, -0.25) is 0 Å². The van der Waals surface area contributed by atoms with E-state index < -0.39 is 11.7 Å². The van der Waals surface area contributed by atoms with Crippen molar-refractivity contribution < 1.29 is 13.2 Å². The van der Waals surface area contributed by atoms with Crippen LogP contribution in [0.2, 0.25) is 0 Å². The smallest absolute Gasteiger partial charge is 0.356 e. The lowest BCUT2D eigenvalue weighted by Crippen LogP contribution is -2.30. The van der Waals surface area contributed by atoms with Crippen LogP contribution in [0.15, 0.2) is 36.5 Å². The second kappa shape index (κ2) is 6.44. The van der Waals surface area contributed by atoms with Crippen molar-refractivity contribution in [1.29, 1.82) is 0 Å². The number of alkyl halides is 3. The van der Waals surface area contributed by atoms with Crippen LogP contribution in [0.25, 0.3) is 0 Å². The van der Waals surface area contributed by atoms with Gasteiger partial charge in [0.15, 0.2) is 0 Å². The number of nitrogens with one attached hydrogen (secondary N) is 1. The fourth-order valence-corrected chi connectivity index (χ4v) is 2.67. The first-order chi connectivity index (χ1) is 11.0. The SMILES string of the molecule is FC(F)(F)c1ccccc1Nc1nccc(N2CCCCC2)n1. The van der Waals surface area contributed by atoms with Crippen LogP contribution in [0.3, 0.4) is 0 Å². The van der Waals surface area contributed by atoms with E-state index >= 15 is 0 Å².